The normalized spacial score (nSPS) is 12.8. The Labute approximate surface area is 128 Å². The molecule has 0 radical (unpaired) electrons. The van der Waals surface area contributed by atoms with Crippen molar-refractivity contribution < 1.29 is 0 Å². The lowest BCUT2D eigenvalue weighted by molar-refractivity contribution is 0.424. The second-order valence-corrected chi connectivity index (χ2v) is 5.55. The van der Waals surface area contributed by atoms with E-state index in [0.717, 1.165) is 25.7 Å². The lowest BCUT2D eigenvalue weighted by atomic mass is 10.0. The van der Waals surface area contributed by atoms with Gasteiger partial charge in [-0.05, 0) is 44.4 Å². The van der Waals surface area contributed by atoms with Gasteiger partial charge < -0.3 is 5.32 Å². The van der Waals surface area contributed by atoms with Gasteiger partial charge in [0.15, 0.2) is 0 Å². The van der Waals surface area contributed by atoms with E-state index in [-0.39, 0.29) is 0 Å². The number of aromatic nitrogens is 2. The van der Waals surface area contributed by atoms with Crippen LogP contribution in [-0.2, 0) is 6.42 Å². The van der Waals surface area contributed by atoms with Crippen LogP contribution in [0.1, 0.15) is 56.5 Å². The topological polar surface area (TPSA) is 29.9 Å². The molecule has 2 rings (SSSR count). The highest BCUT2D eigenvalue weighted by atomic mass is 15.3. The summed E-state index contributed by atoms with van der Waals surface area (Å²) >= 11 is 0. The van der Waals surface area contributed by atoms with Crippen LogP contribution < -0.4 is 5.32 Å². The van der Waals surface area contributed by atoms with E-state index in [0.29, 0.717) is 12.1 Å². The Balaban J connectivity index is 1.96. The number of nitrogens with zero attached hydrogens (tertiary/aromatic N) is 2. The van der Waals surface area contributed by atoms with Gasteiger partial charge in [-0.1, -0.05) is 44.2 Å². The van der Waals surface area contributed by atoms with Crippen LogP contribution in [0, 0.1) is 0 Å². The minimum Gasteiger partial charge on any atom is -0.313 e. The zero-order chi connectivity index (χ0) is 15.1. The molecule has 1 unspecified atom stereocenters. The minimum atomic E-state index is 0.393. The van der Waals surface area contributed by atoms with Gasteiger partial charge in [0.1, 0.15) is 0 Å². The van der Waals surface area contributed by atoms with Crippen LogP contribution in [0.15, 0.2) is 42.6 Å². The predicted octanol–water partition coefficient (Wildman–Crippen LogP) is 4.14. The molecule has 21 heavy (non-hydrogen) atoms. The number of hydrogen-bond donors (Lipinski definition) is 1. The van der Waals surface area contributed by atoms with Crippen LogP contribution in [0.3, 0.4) is 0 Å². The lowest BCUT2D eigenvalue weighted by Crippen LogP contribution is -2.17. The molecular formula is C18H27N3. The first-order valence-electron chi connectivity index (χ1n) is 8.04. The molecule has 1 atom stereocenters. The van der Waals surface area contributed by atoms with Crippen molar-refractivity contribution in [2.45, 2.75) is 51.6 Å². The number of hydrogen-bond acceptors (Lipinski definition) is 2. The van der Waals surface area contributed by atoms with Gasteiger partial charge in [0.05, 0.1) is 11.7 Å². The van der Waals surface area contributed by atoms with Crippen LogP contribution in [0.4, 0.5) is 0 Å². The van der Waals surface area contributed by atoms with Crippen LogP contribution in [0.2, 0.25) is 0 Å². The summed E-state index contributed by atoms with van der Waals surface area (Å²) in [5.74, 6) is 0. The zero-order valence-electron chi connectivity index (χ0n) is 13.4. The number of nitrogens with one attached hydrogen (secondary N) is 1. The van der Waals surface area contributed by atoms with E-state index in [1.165, 1.54) is 11.3 Å². The molecule has 1 aromatic carbocycles. The fourth-order valence-corrected chi connectivity index (χ4v) is 2.83. The van der Waals surface area contributed by atoms with Gasteiger partial charge in [0.25, 0.3) is 0 Å². The lowest BCUT2D eigenvalue weighted by Gasteiger charge is -2.16. The first kappa shape index (κ1) is 15.8. The van der Waals surface area contributed by atoms with E-state index in [4.69, 9.17) is 5.10 Å². The maximum atomic E-state index is 4.74. The van der Waals surface area contributed by atoms with Gasteiger partial charge in [0, 0.05) is 12.2 Å². The van der Waals surface area contributed by atoms with E-state index in [2.05, 4.69) is 66.4 Å². The van der Waals surface area contributed by atoms with Crippen LogP contribution in [0.25, 0.3) is 0 Å². The average molecular weight is 285 g/mol. The van der Waals surface area contributed by atoms with E-state index in [9.17, 15) is 0 Å². The first-order valence-corrected chi connectivity index (χ1v) is 8.04. The minimum absolute atomic E-state index is 0.393. The summed E-state index contributed by atoms with van der Waals surface area (Å²) in [5.41, 5.74) is 2.54. The predicted molar refractivity (Wildman–Crippen MR) is 88.4 cm³/mol. The van der Waals surface area contributed by atoms with Crippen molar-refractivity contribution in [3.63, 3.8) is 0 Å². The average Bonchev–Trinajstić information content (AvgIpc) is 2.99. The molecule has 0 aliphatic carbocycles. The molecule has 0 amide bonds. The summed E-state index contributed by atoms with van der Waals surface area (Å²) in [6, 6.07) is 13.7. The molecule has 3 heteroatoms. The zero-order valence-corrected chi connectivity index (χ0v) is 13.4. The summed E-state index contributed by atoms with van der Waals surface area (Å²) in [5, 5.41) is 8.15. The van der Waals surface area contributed by atoms with Crippen molar-refractivity contribution in [2.24, 2.45) is 0 Å². The van der Waals surface area contributed by atoms with Crippen molar-refractivity contribution >= 4 is 0 Å². The third kappa shape index (κ3) is 4.18. The third-order valence-electron chi connectivity index (χ3n) is 4.22. The Kier molecular flexibility index (Phi) is 6.00. The summed E-state index contributed by atoms with van der Waals surface area (Å²) in [6.07, 6.45) is 6.49. The van der Waals surface area contributed by atoms with Gasteiger partial charge in [-0.15, -0.1) is 0 Å². The molecule has 0 saturated carbocycles. The molecule has 0 aliphatic heterocycles. The summed E-state index contributed by atoms with van der Waals surface area (Å²) in [7, 11) is 2.03. The molecule has 114 valence electrons. The molecule has 1 heterocycles. The van der Waals surface area contributed by atoms with Crippen molar-refractivity contribution in [3.8, 4) is 0 Å². The highest BCUT2D eigenvalue weighted by Gasteiger charge is 2.11. The van der Waals surface area contributed by atoms with Gasteiger partial charge in [-0.3, -0.25) is 4.68 Å². The van der Waals surface area contributed by atoms with E-state index >= 15 is 0 Å². The second-order valence-electron chi connectivity index (χ2n) is 5.55. The van der Waals surface area contributed by atoms with Gasteiger partial charge >= 0.3 is 0 Å². The number of rotatable bonds is 8. The summed E-state index contributed by atoms with van der Waals surface area (Å²) < 4.78 is 2.13. The molecule has 0 saturated heterocycles. The fraction of sp³-hybridized carbons (Fsp3) is 0.500. The highest BCUT2D eigenvalue weighted by Crippen LogP contribution is 2.19. The van der Waals surface area contributed by atoms with Crippen LogP contribution in [-0.4, -0.2) is 16.8 Å². The number of aryl methyl sites for hydroxylation is 1. The van der Waals surface area contributed by atoms with Gasteiger partial charge in [0.2, 0.25) is 0 Å². The molecule has 2 aromatic rings. The van der Waals surface area contributed by atoms with Crippen molar-refractivity contribution in [1.29, 1.82) is 0 Å². The standard InChI is InChI=1S/C18H27N3/c1-4-17(5-2)21-14-13-16(20-21)11-12-18(19-3)15-9-7-6-8-10-15/h6-10,13-14,17-19H,4-5,11-12H2,1-3H3. The molecule has 3 nitrogen and oxygen atoms in total. The van der Waals surface area contributed by atoms with Crippen LogP contribution >= 0.6 is 0 Å². The first-order chi connectivity index (χ1) is 10.3. The fourth-order valence-electron chi connectivity index (χ4n) is 2.83. The Hall–Kier alpha value is -1.61. The van der Waals surface area contributed by atoms with Gasteiger partial charge in [-0.2, -0.15) is 5.10 Å². The molecule has 0 bridgehead atoms. The SMILES string of the molecule is CCC(CC)n1ccc(CCC(NC)c2ccccc2)n1. The monoisotopic (exact) mass is 285 g/mol. The highest BCUT2D eigenvalue weighted by molar-refractivity contribution is 5.19. The number of benzene rings is 1. The Morgan fingerprint density at radius 2 is 1.81 bits per heavy atom. The molecule has 1 aromatic heterocycles. The van der Waals surface area contributed by atoms with Crippen molar-refractivity contribution in [2.75, 3.05) is 7.05 Å². The van der Waals surface area contributed by atoms with Crippen LogP contribution in [0.5, 0.6) is 0 Å². The Bertz CT molecular complexity index is 514. The van der Waals surface area contributed by atoms with E-state index in [1.807, 2.05) is 7.05 Å². The van der Waals surface area contributed by atoms with Crippen molar-refractivity contribution in [3.05, 3.63) is 53.9 Å². The summed E-state index contributed by atoms with van der Waals surface area (Å²) in [4.78, 5) is 0. The molecule has 1 N–H and O–H groups in total. The van der Waals surface area contributed by atoms with E-state index < -0.39 is 0 Å². The molecule has 0 aliphatic rings. The maximum Gasteiger partial charge on any atom is 0.0625 e. The quantitative estimate of drug-likeness (QED) is 0.790. The van der Waals surface area contributed by atoms with E-state index in [1.54, 1.807) is 0 Å². The summed E-state index contributed by atoms with van der Waals surface area (Å²) in [6.45, 7) is 4.45. The molecule has 0 spiro atoms. The van der Waals surface area contributed by atoms with Crippen molar-refractivity contribution in [1.82, 2.24) is 15.1 Å². The maximum absolute atomic E-state index is 4.74. The smallest absolute Gasteiger partial charge is 0.0625 e. The van der Waals surface area contributed by atoms with Gasteiger partial charge in [-0.25, -0.2) is 0 Å². The Morgan fingerprint density at radius 1 is 1.10 bits per heavy atom. The Morgan fingerprint density at radius 3 is 2.43 bits per heavy atom. The molecule has 0 fully saturated rings. The largest absolute Gasteiger partial charge is 0.313 e. The molecular weight excluding hydrogens is 258 g/mol. The second kappa shape index (κ2) is 7.99. The third-order valence-corrected chi connectivity index (χ3v) is 4.22.